The second-order valence-electron chi connectivity index (χ2n) is 3.97. The Morgan fingerprint density at radius 2 is 1.94 bits per heavy atom. The van der Waals surface area contributed by atoms with Crippen molar-refractivity contribution in [3.05, 3.63) is 5.82 Å². The van der Waals surface area contributed by atoms with Gasteiger partial charge in [-0.2, -0.15) is 22.7 Å². The summed E-state index contributed by atoms with van der Waals surface area (Å²) in [6.07, 6.45) is 4.03. The minimum Gasteiger partial charge on any atom is -0.195 e. The molecular formula is C8H16N6O2S. The maximum atomic E-state index is 12.0. The lowest BCUT2D eigenvalue weighted by molar-refractivity contribution is 0.414. The van der Waals surface area contributed by atoms with Crippen molar-refractivity contribution in [2.45, 2.75) is 32.2 Å². The van der Waals surface area contributed by atoms with Crippen LogP contribution in [0.25, 0.3) is 0 Å². The van der Waals surface area contributed by atoms with Crippen molar-refractivity contribution in [3.63, 3.8) is 0 Å². The SMILES string of the molecule is O=S(=O)(NCc1nn[nH]n1)N1CCCCCC1. The smallest absolute Gasteiger partial charge is 0.195 e. The second-order valence-corrected chi connectivity index (χ2v) is 5.72. The van der Waals surface area contributed by atoms with E-state index in [1.165, 1.54) is 4.31 Å². The number of rotatable bonds is 4. The van der Waals surface area contributed by atoms with E-state index in [2.05, 4.69) is 25.3 Å². The average Bonchev–Trinajstić information content (AvgIpc) is 2.66. The van der Waals surface area contributed by atoms with Gasteiger partial charge in [-0.1, -0.05) is 18.1 Å². The molecule has 17 heavy (non-hydrogen) atoms. The van der Waals surface area contributed by atoms with E-state index < -0.39 is 10.2 Å². The van der Waals surface area contributed by atoms with Crippen LogP contribution in [0.4, 0.5) is 0 Å². The summed E-state index contributed by atoms with van der Waals surface area (Å²) in [6.45, 7) is 1.23. The zero-order valence-corrected chi connectivity index (χ0v) is 10.3. The Balaban J connectivity index is 1.93. The number of aromatic amines is 1. The van der Waals surface area contributed by atoms with Crippen LogP contribution in [0, 0.1) is 0 Å². The van der Waals surface area contributed by atoms with Crippen LogP contribution in [0.5, 0.6) is 0 Å². The highest BCUT2D eigenvalue weighted by Gasteiger charge is 2.22. The maximum absolute atomic E-state index is 12.0. The molecule has 0 aliphatic carbocycles. The summed E-state index contributed by atoms with van der Waals surface area (Å²) < 4.78 is 27.9. The number of aromatic nitrogens is 4. The molecule has 1 fully saturated rings. The normalized spacial score (nSPS) is 19.1. The van der Waals surface area contributed by atoms with E-state index in [9.17, 15) is 8.42 Å². The lowest BCUT2D eigenvalue weighted by Crippen LogP contribution is -2.41. The van der Waals surface area contributed by atoms with Crippen molar-refractivity contribution >= 4 is 10.2 Å². The van der Waals surface area contributed by atoms with Gasteiger partial charge in [0.05, 0.1) is 6.54 Å². The van der Waals surface area contributed by atoms with Crippen molar-refractivity contribution in [1.29, 1.82) is 0 Å². The highest BCUT2D eigenvalue weighted by atomic mass is 32.2. The monoisotopic (exact) mass is 260 g/mol. The molecule has 9 heteroatoms. The van der Waals surface area contributed by atoms with Gasteiger partial charge >= 0.3 is 0 Å². The van der Waals surface area contributed by atoms with Crippen LogP contribution in [0.2, 0.25) is 0 Å². The molecule has 0 radical (unpaired) electrons. The number of hydrogen-bond acceptors (Lipinski definition) is 5. The van der Waals surface area contributed by atoms with E-state index >= 15 is 0 Å². The van der Waals surface area contributed by atoms with Crippen LogP contribution in [0.1, 0.15) is 31.5 Å². The van der Waals surface area contributed by atoms with E-state index in [4.69, 9.17) is 0 Å². The van der Waals surface area contributed by atoms with E-state index in [-0.39, 0.29) is 6.54 Å². The zero-order chi connectivity index (χ0) is 12.1. The van der Waals surface area contributed by atoms with Gasteiger partial charge < -0.3 is 0 Å². The largest absolute Gasteiger partial charge is 0.279 e. The number of nitrogens with one attached hydrogen (secondary N) is 2. The summed E-state index contributed by atoms with van der Waals surface area (Å²) >= 11 is 0. The minimum atomic E-state index is -3.42. The van der Waals surface area contributed by atoms with E-state index in [1.807, 2.05) is 0 Å². The molecule has 8 nitrogen and oxygen atoms in total. The lowest BCUT2D eigenvalue weighted by atomic mass is 10.2. The third-order valence-corrected chi connectivity index (χ3v) is 4.26. The molecule has 1 aromatic rings. The topological polar surface area (TPSA) is 104 Å². The van der Waals surface area contributed by atoms with Gasteiger partial charge in [0.2, 0.25) is 0 Å². The summed E-state index contributed by atoms with van der Waals surface area (Å²) in [5.74, 6) is 0.336. The Bertz CT molecular complexity index is 423. The van der Waals surface area contributed by atoms with Crippen molar-refractivity contribution in [2.75, 3.05) is 13.1 Å². The fourth-order valence-electron chi connectivity index (χ4n) is 1.79. The number of H-pyrrole nitrogens is 1. The van der Waals surface area contributed by atoms with Gasteiger partial charge in [0.15, 0.2) is 5.82 Å². The molecule has 0 atom stereocenters. The van der Waals surface area contributed by atoms with Crippen LogP contribution in [0.15, 0.2) is 0 Å². The van der Waals surface area contributed by atoms with Gasteiger partial charge in [-0.3, -0.25) is 0 Å². The molecule has 0 unspecified atom stereocenters. The van der Waals surface area contributed by atoms with Gasteiger partial charge in [-0.05, 0) is 12.8 Å². The summed E-state index contributed by atoms with van der Waals surface area (Å²) in [4.78, 5) is 0. The molecule has 2 rings (SSSR count). The third kappa shape index (κ3) is 3.45. The highest BCUT2D eigenvalue weighted by molar-refractivity contribution is 7.87. The van der Waals surface area contributed by atoms with Crippen molar-refractivity contribution < 1.29 is 8.42 Å². The minimum absolute atomic E-state index is 0.0648. The Morgan fingerprint density at radius 3 is 2.53 bits per heavy atom. The quantitative estimate of drug-likeness (QED) is 0.753. The van der Waals surface area contributed by atoms with Gasteiger partial charge in [0.25, 0.3) is 10.2 Å². The Labute approximate surface area is 100.0 Å². The number of tetrazole rings is 1. The molecule has 1 aliphatic rings. The lowest BCUT2D eigenvalue weighted by Gasteiger charge is -2.19. The Hall–Kier alpha value is -1.06. The van der Waals surface area contributed by atoms with E-state index in [1.54, 1.807) is 0 Å². The first-order chi connectivity index (χ1) is 8.18. The van der Waals surface area contributed by atoms with Gasteiger partial charge in [-0.15, -0.1) is 10.2 Å². The van der Waals surface area contributed by atoms with Crippen LogP contribution in [-0.4, -0.2) is 46.4 Å². The van der Waals surface area contributed by atoms with E-state index in [0.29, 0.717) is 18.9 Å². The molecule has 2 heterocycles. The fourth-order valence-corrected chi connectivity index (χ4v) is 3.02. The first kappa shape index (κ1) is 12.4. The van der Waals surface area contributed by atoms with Gasteiger partial charge in [-0.25, -0.2) is 0 Å². The molecule has 1 aliphatic heterocycles. The first-order valence-corrected chi connectivity index (χ1v) is 7.09. The molecule has 0 spiro atoms. The second kappa shape index (κ2) is 5.52. The molecule has 1 aromatic heterocycles. The molecular weight excluding hydrogens is 244 g/mol. The summed E-state index contributed by atoms with van der Waals surface area (Å²) in [5.41, 5.74) is 0. The molecule has 96 valence electrons. The fraction of sp³-hybridized carbons (Fsp3) is 0.875. The van der Waals surface area contributed by atoms with E-state index in [0.717, 1.165) is 25.7 Å². The molecule has 0 amide bonds. The Morgan fingerprint density at radius 1 is 1.24 bits per heavy atom. The number of hydrogen-bond donors (Lipinski definition) is 2. The number of nitrogens with zero attached hydrogens (tertiary/aromatic N) is 4. The Kier molecular flexibility index (Phi) is 4.02. The van der Waals surface area contributed by atoms with Crippen LogP contribution in [-0.2, 0) is 16.8 Å². The molecule has 2 N–H and O–H groups in total. The van der Waals surface area contributed by atoms with Gasteiger partial charge in [0.1, 0.15) is 0 Å². The molecule has 0 bridgehead atoms. The summed E-state index contributed by atoms with van der Waals surface area (Å²) in [7, 11) is -3.42. The van der Waals surface area contributed by atoms with Crippen LogP contribution < -0.4 is 4.72 Å². The maximum Gasteiger partial charge on any atom is 0.279 e. The van der Waals surface area contributed by atoms with Crippen LogP contribution >= 0.6 is 0 Å². The van der Waals surface area contributed by atoms with Crippen LogP contribution in [0.3, 0.4) is 0 Å². The predicted molar refractivity (Wildman–Crippen MR) is 60.0 cm³/mol. The van der Waals surface area contributed by atoms with Crippen molar-refractivity contribution in [2.24, 2.45) is 0 Å². The standard InChI is InChI=1S/C8H16N6O2S/c15-17(16,9-7-8-10-12-13-11-8)14-5-3-1-2-4-6-14/h9H,1-7H2,(H,10,11,12,13). The molecule has 0 saturated carbocycles. The first-order valence-electron chi connectivity index (χ1n) is 5.65. The van der Waals surface area contributed by atoms with Crippen molar-refractivity contribution in [3.8, 4) is 0 Å². The van der Waals surface area contributed by atoms with Crippen molar-refractivity contribution in [1.82, 2.24) is 29.7 Å². The molecule has 0 aromatic carbocycles. The summed E-state index contributed by atoms with van der Waals surface area (Å²) in [5, 5.41) is 13.0. The highest BCUT2D eigenvalue weighted by Crippen LogP contribution is 2.12. The third-order valence-electron chi connectivity index (χ3n) is 2.71. The zero-order valence-electron chi connectivity index (χ0n) is 9.46. The average molecular weight is 260 g/mol. The van der Waals surface area contributed by atoms with Gasteiger partial charge in [0, 0.05) is 13.1 Å². The predicted octanol–water partition coefficient (Wildman–Crippen LogP) is -0.590. The molecule has 1 saturated heterocycles. The summed E-state index contributed by atoms with van der Waals surface area (Å²) in [6, 6.07) is 0.